The van der Waals surface area contributed by atoms with Gasteiger partial charge in [0.2, 0.25) is 0 Å². The maximum absolute atomic E-state index is 12.4. The summed E-state index contributed by atoms with van der Waals surface area (Å²) < 4.78 is 3.15. The number of hydrazone groups is 1. The molecule has 3 aromatic rings. The van der Waals surface area contributed by atoms with Gasteiger partial charge in [-0.2, -0.15) is 5.10 Å². The Labute approximate surface area is 184 Å². The van der Waals surface area contributed by atoms with E-state index in [9.17, 15) is 4.79 Å². The van der Waals surface area contributed by atoms with E-state index < -0.39 is 0 Å². The van der Waals surface area contributed by atoms with E-state index in [0.717, 1.165) is 32.9 Å². The van der Waals surface area contributed by atoms with Crippen molar-refractivity contribution in [1.29, 1.82) is 0 Å². The lowest BCUT2D eigenvalue weighted by molar-refractivity contribution is -0.120. The van der Waals surface area contributed by atoms with Gasteiger partial charge in [-0.1, -0.05) is 48.5 Å². The predicted octanol–water partition coefficient (Wildman–Crippen LogP) is 5.63. The largest absolute Gasteiger partial charge is 0.317 e. The first-order valence-electron chi connectivity index (χ1n) is 9.40. The maximum Gasteiger partial charge on any atom is 0.252 e. The highest BCUT2D eigenvalue weighted by molar-refractivity contribution is 9.10. The number of carbonyl (C=O) groups excluding carboxylic acids is 1. The Kier molecular flexibility index (Phi) is 7.34. The van der Waals surface area contributed by atoms with E-state index >= 15 is 0 Å². The van der Waals surface area contributed by atoms with E-state index in [0.29, 0.717) is 0 Å². The second-order valence-corrected chi connectivity index (χ2v) is 8.86. The zero-order valence-electron chi connectivity index (χ0n) is 16.7. The average molecular weight is 470 g/mol. The van der Waals surface area contributed by atoms with Crippen LogP contribution in [0.3, 0.4) is 0 Å². The second kappa shape index (κ2) is 9.94. The third kappa shape index (κ3) is 5.19. The number of hydrogen-bond acceptors (Lipinski definition) is 3. The Hall–Kier alpha value is -2.31. The lowest BCUT2D eigenvalue weighted by Crippen LogP contribution is -2.27. The van der Waals surface area contributed by atoms with E-state index in [1.54, 1.807) is 18.0 Å². The van der Waals surface area contributed by atoms with E-state index in [1.165, 1.54) is 5.56 Å². The number of aromatic nitrogens is 1. The molecule has 29 heavy (non-hydrogen) atoms. The number of amides is 1. The number of para-hydroxylation sites is 1. The van der Waals surface area contributed by atoms with Crippen molar-refractivity contribution >= 4 is 39.8 Å². The van der Waals surface area contributed by atoms with Crippen LogP contribution in [0.5, 0.6) is 0 Å². The molecule has 4 nitrogen and oxygen atoms in total. The zero-order chi connectivity index (χ0) is 20.8. The monoisotopic (exact) mass is 469 g/mol. The summed E-state index contributed by atoms with van der Waals surface area (Å²) >= 11 is 5.26. The molecular weight excluding hydrogens is 446 g/mol. The second-order valence-electron chi connectivity index (χ2n) is 6.74. The van der Waals surface area contributed by atoms with Gasteiger partial charge in [-0.3, -0.25) is 4.79 Å². The molecule has 1 atom stereocenters. The van der Waals surface area contributed by atoms with Gasteiger partial charge in [-0.05, 0) is 54.4 Å². The molecule has 6 heteroatoms. The van der Waals surface area contributed by atoms with E-state index in [-0.39, 0.29) is 11.2 Å². The van der Waals surface area contributed by atoms with Crippen LogP contribution >= 0.6 is 27.7 Å². The molecule has 3 rings (SSSR count). The number of nitrogens with zero attached hydrogens (tertiary/aromatic N) is 2. The maximum atomic E-state index is 12.4. The van der Waals surface area contributed by atoms with Crippen LogP contribution in [-0.2, 0) is 10.5 Å². The van der Waals surface area contributed by atoms with Crippen molar-refractivity contribution in [3.05, 3.63) is 87.7 Å². The molecule has 0 unspecified atom stereocenters. The fourth-order valence-corrected chi connectivity index (χ4v) is 4.47. The van der Waals surface area contributed by atoms with Crippen LogP contribution in [-0.4, -0.2) is 21.9 Å². The third-order valence-electron chi connectivity index (χ3n) is 4.71. The highest BCUT2D eigenvalue weighted by Gasteiger charge is 2.16. The van der Waals surface area contributed by atoms with Crippen LogP contribution < -0.4 is 5.43 Å². The topological polar surface area (TPSA) is 46.4 Å². The smallest absolute Gasteiger partial charge is 0.252 e. The van der Waals surface area contributed by atoms with Crippen molar-refractivity contribution in [3.8, 4) is 5.69 Å². The molecule has 150 valence electrons. The number of nitrogens with one attached hydrogen (secondary N) is 1. The molecule has 0 aliphatic heterocycles. The summed E-state index contributed by atoms with van der Waals surface area (Å²) in [6.07, 6.45) is 1.71. The van der Waals surface area contributed by atoms with Gasteiger partial charge >= 0.3 is 0 Å². The number of carbonyl (C=O) groups is 1. The van der Waals surface area contributed by atoms with E-state index in [1.807, 2.05) is 50.2 Å². The number of benzene rings is 2. The Morgan fingerprint density at radius 3 is 2.38 bits per heavy atom. The van der Waals surface area contributed by atoms with Crippen LogP contribution in [0.2, 0.25) is 0 Å². The molecule has 1 N–H and O–H groups in total. The van der Waals surface area contributed by atoms with Crippen LogP contribution in [0.25, 0.3) is 5.69 Å². The first-order chi connectivity index (χ1) is 14.0. The molecule has 0 aliphatic carbocycles. The minimum atomic E-state index is -0.187. The quantitative estimate of drug-likeness (QED) is 0.360. The molecule has 0 saturated heterocycles. The van der Waals surface area contributed by atoms with Gasteiger partial charge in [0.1, 0.15) is 0 Å². The fourth-order valence-electron chi connectivity index (χ4n) is 3.06. The van der Waals surface area contributed by atoms with Crippen LogP contribution in [0.4, 0.5) is 0 Å². The molecule has 0 bridgehead atoms. The van der Waals surface area contributed by atoms with Crippen LogP contribution in [0, 0.1) is 13.8 Å². The zero-order valence-corrected chi connectivity index (χ0v) is 19.1. The molecule has 0 aliphatic rings. The van der Waals surface area contributed by atoms with E-state index in [4.69, 9.17) is 0 Å². The average Bonchev–Trinajstić information content (AvgIpc) is 2.96. The number of rotatable bonds is 7. The van der Waals surface area contributed by atoms with Gasteiger partial charge in [-0.25, -0.2) is 5.43 Å². The fraction of sp³-hybridized carbons (Fsp3) is 0.217. The summed E-state index contributed by atoms with van der Waals surface area (Å²) in [4.78, 5) is 12.4. The summed E-state index contributed by atoms with van der Waals surface area (Å²) in [7, 11) is 0. The van der Waals surface area contributed by atoms with Gasteiger partial charge in [0.25, 0.3) is 5.91 Å². The third-order valence-corrected chi connectivity index (χ3v) is 6.92. The Morgan fingerprint density at radius 2 is 1.72 bits per heavy atom. The lowest BCUT2D eigenvalue weighted by Gasteiger charge is -2.09. The van der Waals surface area contributed by atoms with Crippen molar-refractivity contribution in [2.45, 2.75) is 31.8 Å². The standard InChI is InChI=1S/C23H24BrN3OS/c1-16-21(22(24)17(2)27(16)20-12-8-5-9-13-20)14-25-26-23(28)18(3)29-15-19-10-6-4-7-11-19/h4-14,18H,15H2,1-3H3,(H,26,28)/b25-14-/t18-/m0/s1. The summed E-state index contributed by atoms with van der Waals surface area (Å²) in [5, 5.41) is 4.02. The number of halogens is 1. The molecule has 1 amide bonds. The van der Waals surface area contributed by atoms with Crippen molar-refractivity contribution in [2.24, 2.45) is 5.10 Å². The Balaban J connectivity index is 1.65. The molecule has 1 aromatic heterocycles. The van der Waals surface area contributed by atoms with Gasteiger partial charge in [0, 0.05) is 32.9 Å². The van der Waals surface area contributed by atoms with Gasteiger partial charge in [0.15, 0.2) is 0 Å². The first kappa shape index (κ1) is 21.4. The molecule has 0 saturated carbocycles. The Bertz CT molecular complexity index is 1000. The van der Waals surface area contributed by atoms with Crippen LogP contribution in [0.15, 0.2) is 70.2 Å². The highest BCUT2D eigenvalue weighted by atomic mass is 79.9. The van der Waals surface area contributed by atoms with Gasteiger partial charge < -0.3 is 4.57 Å². The molecule has 1 heterocycles. The lowest BCUT2D eigenvalue weighted by atomic mass is 10.2. The number of thioether (sulfide) groups is 1. The predicted molar refractivity (Wildman–Crippen MR) is 126 cm³/mol. The van der Waals surface area contributed by atoms with Crippen molar-refractivity contribution < 1.29 is 4.79 Å². The van der Waals surface area contributed by atoms with Gasteiger partial charge in [-0.15, -0.1) is 11.8 Å². The van der Waals surface area contributed by atoms with Crippen molar-refractivity contribution in [1.82, 2.24) is 9.99 Å². The van der Waals surface area contributed by atoms with Crippen molar-refractivity contribution in [3.63, 3.8) is 0 Å². The van der Waals surface area contributed by atoms with Gasteiger partial charge in [0.05, 0.1) is 11.5 Å². The summed E-state index contributed by atoms with van der Waals surface area (Å²) in [5.41, 5.74) is 8.08. The highest BCUT2D eigenvalue weighted by Crippen LogP contribution is 2.29. The summed E-state index contributed by atoms with van der Waals surface area (Å²) in [6, 6.07) is 20.3. The minimum absolute atomic E-state index is 0.102. The summed E-state index contributed by atoms with van der Waals surface area (Å²) in [6.45, 7) is 6.00. The van der Waals surface area contributed by atoms with Crippen molar-refractivity contribution in [2.75, 3.05) is 0 Å². The summed E-state index contributed by atoms with van der Waals surface area (Å²) in [5.74, 6) is 0.693. The Morgan fingerprint density at radius 1 is 1.10 bits per heavy atom. The molecule has 0 spiro atoms. The molecule has 0 fully saturated rings. The first-order valence-corrected chi connectivity index (χ1v) is 11.2. The normalized spacial score (nSPS) is 12.3. The molecular formula is C23H24BrN3OS. The molecule has 0 radical (unpaired) electrons. The SMILES string of the molecule is Cc1c(Br)c(/C=N\NC(=O)[C@H](C)SCc2ccccc2)c(C)n1-c1ccccc1. The van der Waals surface area contributed by atoms with E-state index in [2.05, 4.69) is 62.2 Å². The molecule has 2 aromatic carbocycles. The van der Waals surface area contributed by atoms with Crippen LogP contribution in [0.1, 0.15) is 29.4 Å². The number of hydrogen-bond donors (Lipinski definition) is 1. The minimum Gasteiger partial charge on any atom is -0.317 e.